The molecule has 2 amide bonds. The van der Waals surface area contributed by atoms with E-state index in [2.05, 4.69) is 10.6 Å². The number of rotatable bonds is 4. The van der Waals surface area contributed by atoms with E-state index in [0.29, 0.717) is 30.2 Å². The number of hydrogen-bond donors (Lipinski definition) is 2. The van der Waals surface area contributed by atoms with Crippen LogP contribution in [0.2, 0.25) is 0 Å². The van der Waals surface area contributed by atoms with Gasteiger partial charge in [0.05, 0.1) is 0 Å². The van der Waals surface area contributed by atoms with Crippen molar-refractivity contribution in [3.8, 4) is 11.5 Å². The fourth-order valence-electron chi connectivity index (χ4n) is 2.21. The molecule has 118 valence electrons. The third-order valence-corrected chi connectivity index (χ3v) is 3.38. The molecule has 0 aliphatic carbocycles. The molecular formula is C17H16N2O4. The normalized spacial score (nSPS) is 11.8. The van der Waals surface area contributed by atoms with Crippen molar-refractivity contribution >= 4 is 17.5 Å². The molecule has 0 saturated heterocycles. The Morgan fingerprint density at radius 3 is 2.57 bits per heavy atom. The molecule has 2 aromatic rings. The van der Waals surface area contributed by atoms with E-state index in [9.17, 15) is 9.59 Å². The molecule has 0 radical (unpaired) electrons. The van der Waals surface area contributed by atoms with Crippen LogP contribution >= 0.6 is 0 Å². The maximum absolute atomic E-state index is 11.9. The van der Waals surface area contributed by atoms with Crippen LogP contribution in [0.1, 0.15) is 5.56 Å². The van der Waals surface area contributed by atoms with E-state index < -0.39 is 11.8 Å². The zero-order chi connectivity index (χ0) is 16.1. The Kier molecular flexibility index (Phi) is 4.42. The molecule has 0 bridgehead atoms. The Bertz CT molecular complexity index is 716. The maximum atomic E-state index is 11.9. The number of carbonyl (C=O) groups is 2. The quantitative estimate of drug-likeness (QED) is 0.843. The van der Waals surface area contributed by atoms with Gasteiger partial charge >= 0.3 is 11.8 Å². The van der Waals surface area contributed by atoms with Crippen LogP contribution in [0.4, 0.5) is 5.69 Å². The third kappa shape index (κ3) is 3.79. The Morgan fingerprint density at radius 2 is 1.74 bits per heavy atom. The molecule has 0 aromatic heterocycles. The minimum atomic E-state index is -0.711. The monoisotopic (exact) mass is 312 g/mol. The Balaban J connectivity index is 1.49. The van der Waals surface area contributed by atoms with Gasteiger partial charge in [0.25, 0.3) is 0 Å². The lowest BCUT2D eigenvalue weighted by Gasteiger charge is -2.07. The van der Waals surface area contributed by atoms with E-state index in [1.165, 1.54) is 0 Å². The van der Waals surface area contributed by atoms with Crippen LogP contribution in [0.15, 0.2) is 48.5 Å². The molecule has 0 saturated carbocycles. The average molecular weight is 312 g/mol. The molecule has 0 atom stereocenters. The van der Waals surface area contributed by atoms with Gasteiger partial charge in [0.15, 0.2) is 11.5 Å². The SMILES string of the molecule is O=C(NCCc1ccccc1)C(=O)Nc1ccc2c(c1)OCO2. The number of ether oxygens (including phenoxy) is 2. The summed E-state index contributed by atoms with van der Waals surface area (Å²) in [6.45, 7) is 0.560. The van der Waals surface area contributed by atoms with Crippen molar-refractivity contribution in [1.29, 1.82) is 0 Å². The standard InChI is InChI=1S/C17H16N2O4/c20-16(18-9-8-12-4-2-1-3-5-12)17(21)19-13-6-7-14-15(10-13)23-11-22-14/h1-7,10H,8-9,11H2,(H,18,20)(H,19,21). The van der Waals surface area contributed by atoms with Gasteiger partial charge in [-0.2, -0.15) is 0 Å². The zero-order valence-corrected chi connectivity index (χ0v) is 12.4. The van der Waals surface area contributed by atoms with E-state index in [-0.39, 0.29) is 6.79 Å². The molecule has 0 fully saturated rings. The highest BCUT2D eigenvalue weighted by Gasteiger charge is 2.17. The van der Waals surface area contributed by atoms with Crippen molar-refractivity contribution in [1.82, 2.24) is 5.32 Å². The van der Waals surface area contributed by atoms with Crippen LogP contribution in [0, 0.1) is 0 Å². The molecule has 0 unspecified atom stereocenters. The minimum absolute atomic E-state index is 0.159. The van der Waals surface area contributed by atoms with Crippen molar-refractivity contribution in [3.05, 3.63) is 54.1 Å². The molecule has 2 aromatic carbocycles. The second kappa shape index (κ2) is 6.83. The van der Waals surface area contributed by atoms with Crippen molar-refractivity contribution in [2.75, 3.05) is 18.7 Å². The van der Waals surface area contributed by atoms with Crippen LogP contribution in [0.5, 0.6) is 11.5 Å². The van der Waals surface area contributed by atoms with Gasteiger partial charge in [-0.25, -0.2) is 0 Å². The van der Waals surface area contributed by atoms with Gasteiger partial charge in [-0.3, -0.25) is 9.59 Å². The van der Waals surface area contributed by atoms with Crippen LogP contribution in [0.3, 0.4) is 0 Å². The van der Waals surface area contributed by atoms with Crippen LogP contribution in [0.25, 0.3) is 0 Å². The first kappa shape index (κ1) is 14.9. The lowest BCUT2D eigenvalue weighted by atomic mass is 10.1. The summed E-state index contributed by atoms with van der Waals surface area (Å²) in [5.74, 6) is -0.210. The summed E-state index contributed by atoms with van der Waals surface area (Å²) in [6.07, 6.45) is 0.671. The number of carbonyl (C=O) groups excluding carboxylic acids is 2. The lowest BCUT2D eigenvalue weighted by molar-refractivity contribution is -0.136. The Hall–Kier alpha value is -3.02. The molecule has 1 aliphatic heterocycles. The number of anilines is 1. The number of amides is 2. The fourth-order valence-corrected chi connectivity index (χ4v) is 2.21. The molecule has 6 nitrogen and oxygen atoms in total. The number of benzene rings is 2. The highest BCUT2D eigenvalue weighted by molar-refractivity contribution is 6.39. The molecule has 2 N–H and O–H groups in total. The van der Waals surface area contributed by atoms with Gasteiger partial charge in [-0.15, -0.1) is 0 Å². The average Bonchev–Trinajstić information content (AvgIpc) is 3.03. The molecule has 1 heterocycles. The van der Waals surface area contributed by atoms with E-state index in [1.54, 1.807) is 18.2 Å². The number of hydrogen-bond acceptors (Lipinski definition) is 4. The third-order valence-electron chi connectivity index (χ3n) is 3.38. The van der Waals surface area contributed by atoms with E-state index in [0.717, 1.165) is 5.56 Å². The van der Waals surface area contributed by atoms with E-state index in [4.69, 9.17) is 9.47 Å². The van der Waals surface area contributed by atoms with Gasteiger partial charge in [0.2, 0.25) is 6.79 Å². The highest BCUT2D eigenvalue weighted by Crippen LogP contribution is 2.34. The van der Waals surface area contributed by atoms with Crippen molar-refractivity contribution in [2.24, 2.45) is 0 Å². The summed E-state index contributed by atoms with van der Waals surface area (Å²) in [4.78, 5) is 23.7. The van der Waals surface area contributed by atoms with Crippen molar-refractivity contribution in [2.45, 2.75) is 6.42 Å². The van der Waals surface area contributed by atoms with Gasteiger partial charge in [-0.05, 0) is 24.1 Å². The van der Waals surface area contributed by atoms with Gasteiger partial charge < -0.3 is 20.1 Å². The predicted octanol–water partition coefficient (Wildman–Crippen LogP) is 1.71. The summed E-state index contributed by atoms with van der Waals surface area (Å²) in [5.41, 5.74) is 1.58. The number of fused-ring (bicyclic) bond motifs is 1. The maximum Gasteiger partial charge on any atom is 0.313 e. The van der Waals surface area contributed by atoms with E-state index >= 15 is 0 Å². The second-order valence-electron chi connectivity index (χ2n) is 5.01. The lowest BCUT2D eigenvalue weighted by Crippen LogP contribution is -2.36. The smallest absolute Gasteiger partial charge is 0.313 e. The van der Waals surface area contributed by atoms with Gasteiger partial charge in [-0.1, -0.05) is 30.3 Å². The van der Waals surface area contributed by atoms with Crippen molar-refractivity contribution < 1.29 is 19.1 Å². The van der Waals surface area contributed by atoms with Crippen LogP contribution in [-0.2, 0) is 16.0 Å². The second-order valence-corrected chi connectivity index (χ2v) is 5.01. The molecule has 3 rings (SSSR count). The summed E-state index contributed by atoms with van der Waals surface area (Å²) in [5, 5.41) is 5.13. The first-order valence-corrected chi connectivity index (χ1v) is 7.25. The Labute approximate surface area is 133 Å². The van der Waals surface area contributed by atoms with Gasteiger partial charge in [0, 0.05) is 18.3 Å². The summed E-state index contributed by atoms with van der Waals surface area (Å²) >= 11 is 0. The fraction of sp³-hybridized carbons (Fsp3) is 0.176. The Morgan fingerprint density at radius 1 is 0.957 bits per heavy atom. The predicted molar refractivity (Wildman–Crippen MR) is 84.4 cm³/mol. The summed E-state index contributed by atoms with van der Waals surface area (Å²) in [7, 11) is 0. The first-order valence-electron chi connectivity index (χ1n) is 7.25. The first-order chi connectivity index (χ1) is 11.2. The molecular weight excluding hydrogens is 296 g/mol. The summed E-state index contributed by atoms with van der Waals surface area (Å²) in [6, 6.07) is 14.7. The highest BCUT2D eigenvalue weighted by atomic mass is 16.7. The molecule has 23 heavy (non-hydrogen) atoms. The van der Waals surface area contributed by atoms with Crippen LogP contribution in [-0.4, -0.2) is 25.2 Å². The van der Waals surface area contributed by atoms with E-state index in [1.807, 2.05) is 30.3 Å². The van der Waals surface area contributed by atoms with Gasteiger partial charge in [0.1, 0.15) is 0 Å². The van der Waals surface area contributed by atoms with Crippen LogP contribution < -0.4 is 20.1 Å². The topological polar surface area (TPSA) is 76.7 Å². The molecule has 1 aliphatic rings. The number of nitrogens with one attached hydrogen (secondary N) is 2. The summed E-state index contributed by atoms with van der Waals surface area (Å²) < 4.78 is 10.4. The minimum Gasteiger partial charge on any atom is -0.454 e. The molecule has 6 heteroatoms. The van der Waals surface area contributed by atoms with Crippen molar-refractivity contribution in [3.63, 3.8) is 0 Å². The largest absolute Gasteiger partial charge is 0.454 e. The zero-order valence-electron chi connectivity index (χ0n) is 12.4. The molecule has 0 spiro atoms.